The molecule has 0 aliphatic rings. The summed E-state index contributed by atoms with van der Waals surface area (Å²) in [5.74, 6) is 0. The van der Waals surface area contributed by atoms with E-state index in [4.69, 9.17) is 12.2 Å². The molecular weight excluding hydrogens is 210 g/mol. The van der Waals surface area contributed by atoms with Gasteiger partial charge in [-0.15, -0.1) is 12.6 Å². The number of thiol groups is 1. The van der Waals surface area contributed by atoms with E-state index in [1.54, 1.807) is 0 Å². The number of hydrogen-bond donors (Lipinski definition) is 1. The molecule has 0 unspecified atom stereocenters. The van der Waals surface area contributed by atoms with E-state index in [0.29, 0.717) is 4.20 Å². The molecule has 0 saturated heterocycles. The van der Waals surface area contributed by atoms with Gasteiger partial charge in [-0.2, -0.15) is 0 Å². The number of hydrogen-bond acceptors (Lipinski definition) is 1. The van der Waals surface area contributed by atoms with Crippen molar-refractivity contribution in [3.63, 3.8) is 0 Å². The zero-order valence-electron chi connectivity index (χ0n) is 7.77. The van der Waals surface area contributed by atoms with Crippen LogP contribution >= 0.6 is 24.8 Å². The van der Waals surface area contributed by atoms with Crippen molar-refractivity contribution in [3.8, 4) is 0 Å². The monoisotopic (exact) mass is 220 g/mol. The Labute approximate surface area is 93.8 Å². The second-order valence-electron chi connectivity index (χ2n) is 3.23. The molecule has 3 heteroatoms. The summed E-state index contributed by atoms with van der Waals surface area (Å²) in [5.41, 5.74) is 1.02. The maximum atomic E-state index is 5.10. The average Bonchev–Trinajstić information content (AvgIpc) is 2.16. The molecule has 1 aromatic heterocycles. The largest absolute Gasteiger partial charge is 0.207 e. The van der Waals surface area contributed by atoms with Gasteiger partial charge in [0.25, 0.3) is 0 Å². The predicted octanol–water partition coefficient (Wildman–Crippen LogP) is 2.27. The number of benzene rings is 1. The van der Waals surface area contributed by atoms with E-state index in [1.165, 1.54) is 5.39 Å². The summed E-state index contributed by atoms with van der Waals surface area (Å²) < 4.78 is 2.64. The number of fused-ring (bicyclic) bond motifs is 1. The van der Waals surface area contributed by atoms with Crippen LogP contribution in [0.15, 0.2) is 36.7 Å². The molecule has 0 amide bonds. The molecule has 2 rings (SSSR count). The third-order valence-corrected chi connectivity index (χ3v) is 2.62. The van der Waals surface area contributed by atoms with Gasteiger partial charge < -0.3 is 0 Å². The second kappa shape index (κ2) is 3.67. The minimum absolute atomic E-state index is 0.636. The quantitative estimate of drug-likeness (QED) is 0.438. The normalized spacial score (nSPS) is 10.4. The number of nitrogens with zero attached hydrogens (tertiary/aromatic N) is 1. The van der Waals surface area contributed by atoms with Crippen LogP contribution in [-0.4, -0.2) is 4.20 Å². The molecule has 14 heavy (non-hydrogen) atoms. The standard InChI is InChI=1S/C11H9NS2/c1-12-6-8-4-2-3-5-9(8)10(7-12)11(13)14/h2-7H,1H3/p+1. The minimum atomic E-state index is 0.636. The van der Waals surface area contributed by atoms with Crippen molar-refractivity contribution in [2.75, 3.05) is 0 Å². The van der Waals surface area contributed by atoms with Gasteiger partial charge in [-0.25, -0.2) is 4.57 Å². The number of aromatic nitrogens is 1. The van der Waals surface area contributed by atoms with Crippen molar-refractivity contribution < 1.29 is 4.57 Å². The first kappa shape index (κ1) is 9.62. The Morgan fingerprint density at radius 1 is 1.29 bits per heavy atom. The van der Waals surface area contributed by atoms with Gasteiger partial charge in [0.2, 0.25) is 0 Å². The smallest absolute Gasteiger partial charge is 0.178 e. The predicted molar refractivity (Wildman–Crippen MR) is 65.8 cm³/mol. The fourth-order valence-electron chi connectivity index (χ4n) is 1.56. The lowest BCUT2D eigenvalue weighted by Crippen LogP contribution is -2.27. The van der Waals surface area contributed by atoms with Gasteiger partial charge in [0.1, 0.15) is 7.05 Å². The van der Waals surface area contributed by atoms with Crippen molar-refractivity contribution >= 4 is 39.8 Å². The van der Waals surface area contributed by atoms with Crippen molar-refractivity contribution in [2.45, 2.75) is 0 Å². The average molecular weight is 220 g/mol. The van der Waals surface area contributed by atoms with Gasteiger partial charge in [-0.1, -0.05) is 30.4 Å². The lowest BCUT2D eigenvalue weighted by Gasteiger charge is -2.01. The Bertz CT molecular complexity index is 506. The van der Waals surface area contributed by atoms with E-state index >= 15 is 0 Å². The van der Waals surface area contributed by atoms with Crippen molar-refractivity contribution in [3.05, 3.63) is 42.2 Å². The van der Waals surface area contributed by atoms with Crippen LogP contribution in [0.25, 0.3) is 10.8 Å². The number of pyridine rings is 1. The summed E-state index contributed by atoms with van der Waals surface area (Å²) >= 11 is 9.33. The summed E-state index contributed by atoms with van der Waals surface area (Å²) in [6.45, 7) is 0. The first-order valence-electron chi connectivity index (χ1n) is 4.30. The first-order valence-corrected chi connectivity index (χ1v) is 5.15. The lowest BCUT2D eigenvalue weighted by molar-refractivity contribution is -0.670. The fraction of sp³-hybridized carbons (Fsp3) is 0.0909. The van der Waals surface area contributed by atoms with Crippen molar-refractivity contribution in [1.82, 2.24) is 0 Å². The molecule has 0 spiro atoms. The van der Waals surface area contributed by atoms with E-state index in [1.807, 2.05) is 29.9 Å². The van der Waals surface area contributed by atoms with Gasteiger partial charge in [-0.3, -0.25) is 0 Å². The topological polar surface area (TPSA) is 3.88 Å². The Hall–Kier alpha value is -0.930. The molecule has 0 aliphatic heterocycles. The van der Waals surface area contributed by atoms with E-state index < -0.39 is 0 Å². The fourth-order valence-corrected chi connectivity index (χ4v) is 1.90. The van der Waals surface area contributed by atoms with Crippen LogP contribution in [0.2, 0.25) is 0 Å². The summed E-state index contributed by atoms with van der Waals surface area (Å²) in [6, 6.07) is 8.17. The highest BCUT2D eigenvalue weighted by Crippen LogP contribution is 2.17. The lowest BCUT2D eigenvalue weighted by atomic mass is 10.1. The Kier molecular flexibility index (Phi) is 2.52. The van der Waals surface area contributed by atoms with Gasteiger partial charge >= 0.3 is 0 Å². The van der Waals surface area contributed by atoms with Crippen LogP contribution in [-0.2, 0) is 7.05 Å². The highest BCUT2D eigenvalue weighted by Gasteiger charge is 2.08. The van der Waals surface area contributed by atoms with Crippen LogP contribution in [0.1, 0.15) is 5.56 Å². The van der Waals surface area contributed by atoms with Gasteiger partial charge in [-0.05, 0) is 6.07 Å². The van der Waals surface area contributed by atoms with Gasteiger partial charge in [0.15, 0.2) is 12.4 Å². The molecule has 0 saturated carbocycles. The summed E-state index contributed by atoms with van der Waals surface area (Å²) in [4.78, 5) is 0. The Morgan fingerprint density at radius 2 is 2.00 bits per heavy atom. The molecule has 0 bridgehead atoms. The number of rotatable bonds is 1. The second-order valence-corrected chi connectivity index (χ2v) is 4.39. The van der Waals surface area contributed by atoms with E-state index in [0.717, 1.165) is 10.9 Å². The molecule has 0 N–H and O–H groups in total. The Morgan fingerprint density at radius 3 is 2.71 bits per heavy atom. The zero-order chi connectivity index (χ0) is 10.1. The third-order valence-electron chi connectivity index (χ3n) is 2.16. The highest BCUT2D eigenvalue weighted by molar-refractivity contribution is 8.11. The van der Waals surface area contributed by atoms with Crippen LogP contribution in [0, 0.1) is 0 Å². The van der Waals surface area contributed by atoms with Gasteiger partial charge in [0.05, 0.1) is 9.76 Å². The molecule has 0 atom stereocenters. The molecule has 0 aliphatic carbocycles. The Balaban J connectivity index is 2.87. The zero-order valence-corrected chi connectivity index (χ0v) is 9.48. The van der Waals surface area contributed by atoms with E-state index in [-0.39, 0.29) is 0 Å². The first-order chi connectivity index (χ1) is 6.68. The van der Waals surface area contributed by atoms with Crippen molar-refractivity contribution in [1.29, 1.82) is 0 Å². The molecule has 0 radical (unpaired) electrons. The van der Waals surface area contributed by atoms with Crippen LogP contribution in [0.3, 0.4) is 0 Å². The molecule has 1 heterocycles. The summed E-state index contributed by atoms with van der Waals surface area (Å²) in [7, 11) is 1.99. The molecule has 2 aromatic rings. The van der Waals surface area contributed by atoms with Crippen LogP contribution < -0.4 is 4.57 Å². The SMILES string of the molecule is C[n+]1cc(C(=S)S)c2ccccc2c1. The summed E-state index contributed by atoms with van der Waals surface area (Å²) in [5, 5.41) is 2.34. The molecule has 1 nitrogen and oxygen atoms in total. The highest BCUT2D eigenvalue weighted by atomic mass is 32.1. The van der Waals surface area contributed by atoms with Crippen molar-refractivity contribution in [2.24, 2.45) is 7.05 Å². The molecular formula is C11H10NS2+. The maximum Gasteiger partial charge on any atom is 0.178 e. The molecule has 70 valence electrons. The van der Waals surface area contributed by atoms with Gasteiger partial charge in [0, 0.05) is 10.8 Å². The third kappa shape index (κ3) is 1.65. The molecule has 1 aromatic carbocycles. The van der Waals surface area contributed by atoms with Crippen LogP contribution in [0.5, 0.6) is 0 Å². The summed E-state index contributed by atoms with van der Waals surface area (Å²) in [6.07, 6.45) is 4.07. The number of thiocarbonyl (C=S) groups is 1. The number of aryl methyl sites for hydroxylation is 1. The molecule has 0 fully saturated rings. The van der Waals surface area contributed by atoms with Crippen LogP contribution in [0.4, 0.5) is 0 Å². The van der Waals surface area contributed by atoms with E-state index in [9.17, 15) is 0 Å². The van der Waals surface area contributed by atoms with E-state index in [2.05, 4.69) is 31.0 Å². The maximum absolute atomic E-state index is 5.10. The minimum Gasteiger partial charge on any atom is -0.207 e.